The van der Waals surface area contributed by atoms with Crippen molar-refractivity contribution in [3.8, 4) is 0 Å². The molecular formula is C16H36O4Si2. The Bertz CT molecular complexity index is 383. The van der Waals surface area contributed by atoms with Crippen LogP contribution in [0.3, 0.4) is 0 Å². The monoisotopic (exact) mass is 348 g/mol. The molecule has 1 fully saturated rings. The predicted molar refractivity (Wildman–Crippen MR) is 96.0 cm³/mol. The Morgan fingerprint density at radius 2 is 1.32 bits per heavy atom. The average Bonchev–Trinajstić information content (AvgIpc) is 2.57. The Morgan fingerprint density at radius 3 is 1.73 bits per heavy atom. The molecule has 1 heterocycles. The minimum absolute atomic E-state index is 0.0320. The highest BCUT2D eigenvalue weighted by atomic mass is 28.4. The van der Waals surface area contributed by atoms with E-state index >= 15 is 0 Å². The number of hydrogen-bond donors (Lipinski definition) is 3. The van der Waals surface area contributed by atoms with Crippen molar-refractivity contribution in [2.75, 3.05) is 6.61 Å². The fourth-order valence-corrected chi connectivity index (χ4v) is 4.22. The largest absolute Gasteiger partial charge is 0.432 e. The number of rotatable bonds is 6. The van der Waals surface area contributed by atoms with Crippen LogP contribution in [0.2, 0.25) is 36.3 Å². The molecule has 0 bridgehead atoms. The molecule has 0 radical (unpaired) electrons. The molecule has 1 rings (SSSR count). The molecular weight excluding hydrogens is 312 g/mol. The van der Waals surface area contributed by atoms with Crippen molar-refractivity contribution in [2.24, 2.45) is 5.92 Å². The van der Waals surface area contributed by atoms with E-state index in [1.54, 1.807) is 0 Å². The highest BCUT2D eigenvalue weighted by molar-refractivity contribution is 6.73. The number of ether oxygens (including phenoxy) is 1. The molecule has 0 aliphatic carbocycles. The number of aliphatic hydroxyl groups is 1. The van der Waals surface area contributed by atoms with Crippen LogP contribution in [0.15, 0.2) is 0 Å². The van der Waals surface area contributed by atoms with Crippen LogP contribution in [0.4, 0.5) is 0 Å². The second kappa shape index (κ2) is 6.29. The van der Waals surface area contributed by atoms with Gasteiger partial charge in [0.25, 0.3) is 0 Å². The van der Waals surface area contributed by atoms with Crippen molar-refractivity contribution in [2.45, 2.75) is 89.0 Å². The maximum Gasteiger partial charge on any atom is 0.188 e. The Labute approximate surface area is 138 Å². The molecule has 1 aliphatic rings. The Balaban J connectivity index is 2.89. The molecule has 0 amide bonds. The fourth-order valence-electron chi connectivity index (χ4n) is 2.79. The summed E-state index contributed by atoms with van der Waals surface area (Å²) in [6.45, 7) is 16.6. The summed E-state index contributed by atoms with van der Waals surface area (Å²) >= 11 is 0. The average molecular weight is 349 g/mol. The zero-order chi connectivity index (χ0) is 17.6. The highest BCUT2D eigenvalue weighted by Gasteiger charge is 2.48. The van der Waals surface area contributed by atoms with Crippen LogP contribution in [0.1, 0.15) is 40.5 Å². The normalized spacial score (nSPS) is 28.2. The van der Waals surface area contributed by atoms with Crippen LogP contribution >= 0.6 is 0 Å². The van der Waals surface area contributed by atoms with E-state index in [0.29, 0.717) is 6.61 Å². The van der Waals surface area contributed by atoms with Gasteiger partial charge in [0.1, 0.15) is 0 Å². The molecule has 0 saturated carbocycles. The lowest BCUT2D eigenvalue weighted by Crippen LogP contribution is -2.44. The smallest absolute Gasteiger partial charge is 0.188 e. The predicted octanol–water partition coefficient (Wildman–Crippen LogP) is 3.10. The van der Waals surface area contributed by atoms with E-state index in [1.807, 2.05) is 26.2 Å². The lowest BCUT2D eigenvalue weighted by molar-refractivity contribution is 0.0673. The van der Waals surface area contributed by atoms with E-state index < -0.39 is 22.7 Å². The van der Waals surface area contributed by atoms with Gasteiger partial charge in [-0.3, -0.25) is 0 Å². The van der Waals surface area contributed by atoms with Gasteiger partial charge in [0.05, 0.1) is 18.8 Å². The molecule has 3 N–H and O–H groups in total. The Hall–Kier alpha value is 0.274. The number of hydrogen-bond acceptors (Lipinski definition) is 4. The van der Waals surface area contributed by atoms with Gasteiger partial charge in [-0.25, -0.2) is 0 Å². The fraction of sp³-hybridized carbons (Fsp3) is 1.00. The third-order valence-electron chi connectivity index (χ3n) is 6.22. The standard InChI is InChI=1S/C16H36O4Si2/c1-15(2,21(5,6)18)9-12-13(17)11-20-14(12)10-16(3,4)22(7,8)19/h12-14,17-19H,9-11H2,1-8H3/t12-,13+,14+/m1/s1. The second-order valence-electron chi connectivity index (χ2n) is 9.40. The quantitative estimate of drug-likeness (QED) is 0.645. The zero-order valence-electron chi connectivity index (χ0n) is 15.6. The first kappa shape index (κ1) is 20.3. The molecule has 1 saturated heterocycles. The minimum Gasteiger partial charge on any atom is -0.432 e. The minimum atomic E-state index is -2.31. The van der Waals surface area contributed by atoms with Gasteiger partial charge in [0.15, 0.2) is 16.6 Å². The molecule has 0 aromatic rings. The van der Waals surface area contributed by atoms with E-state index in [4.69, 9.17) is 4.74 Å². The molecule has 0 aromatic carbocycles. The summed E-state index contributed by atoms with van der Waals surface area (Å²) in [5, 5.41) is 10.00. The highest BCUT2D eigenvalue weighted by Crippen LogP contribution is 2.49. The SMILES string of the molecule is CC(C)(C[C@H]1[C@H](CC(C)(C)[Si](C)(C)O)OC[C@@H]1O)[Si](C)(C)O. The van der Waals surface area contributed by atoms with E-state index in [0.717, 1.165) is 12.8 Å². The third-order valence-corrected chi connectivity index (χ3v) is 13.3. The Kier molecular flexibility index (Phi) is 5.81. The van der Waals surface area contributed by atoms with Crippen LogP contribution in [0, 0.1) is 5.92 Å². The van der Waals surface area contributed by atoms with Crippen LogP contribution < -0.4 is 0 Å². The van der Waals surface area contributed by atoms with Crippen molar-refractivity contribution in [3.05, 3.63) is 0 Å². The van der Waals surface area contributed by atoms with Gasteiger partial charge in [0.2, 0.25) is 0 Å². The first-order valence-corrected chi connectivity index (χ1v) is 14.2. The van der Waals surface area contributed by atoms with Gasteiger partial charge in [-0.2, -0.15) is 0 Å². The molecule has 22 heavy (non-hydrogen) atoms. The van der Waals surface area contributed by atoms with E-state index in [2.05, 4.69) is 27.7 Å². The van der Waals surface area contributed by atoms with Gasteiger partial charge >= 0.3 is 0 Å². The van der Waals surface area contributed by atoms with Crippen molar-refractivity contribution in [3.63, 3.8) is 0 Å². The number of aliphatic hydroxyl groups excluding tert-OH is 1. The van der Waals surface area contributed by atoms with Crippen molar-refractivity contribution in [1.29, 1.82) is 0 Å². The molecule has 132 valence electrons. The Morgan fingerprint density at radius 1 is 0.909 bits per heavy atom. The maximum absolute atomic E-state index is 10.5. The van der Waals surface area contributed by atoms with Crippen molar-refractivity contribution in [1.82, 2.24) is 0 Å². The zero-order valence-corrected chi connectivity index (χ0v) is 17.6. The summed E-state index contributed by atoms with van der Waals surface area (Å²) in [7, 11) is -4.62. The summed E-state index contributed by atoms with van der Waals surface area (Å²) in [5.41, 5.74) is 0. The molecule has 4 nitrogen and oxygen atoms in total. The van der Waals surface area contributed by atoms with Crippen molar-refractivity contribution < 1.29 is 19.4 Å². The van der Waals surface area contributed by atoms with Crippen LogP contribution in [0.5, 0.6) is 0 Å². The van der Waals surface area contributed by atoms with E-state index in [-0.39, 0.29) is 22.1 Å². The lowest BCUT2D eigenvalue weighted by atomic mass is 9.85. The summed E-state index contributed by atoms with van der Waals surface area (Å²) in [6, 6.07) is 0. The first-order chi connectivity index (χ1) is 9.58. The molecule has 0 unspecified atom stereocenters. The van der Waals surface area contributed by atoms with Gasteiger partial charge < -0.3 is 19.4 Å². The van der Waals surface area contributed by atoms with Gasteiger partial charge in [-0.05, 0) is 49.1 Å². The first-order valence-electron chi connectivity index (χ1n) is 8.33. The van der Waals surface area contributed by atoms with Crippen LogP contribution in [-0.2, 0) is 4.74 Å². The summed E-state index contributed by atoms with van der Waals surface area (Å²) in [4.78, 5) is 21.0. The maximum atomic E-state index is 10.5. The van der Waals surface area contributed by atoms with E-state index in [9.17, 15) is 14.7 Å². The lowest BCUT2D eigenvalue weighted by Gasteiger charge is -2.41. The summed E-state index contributed by atoms with van der Waals surface area (Å²) < 4.78 is 5.86. The molecule has 0 spiro atoms. The molecule has 0 aromatic heterocycles. The second-order valence-corrected chi connectivity index (χ2v) is 18.3. The van der Waals surface area contributed by atoms with Gasteiger partial charge in [-0.1, -0.05) is 27.7 Å². The van der Waals surface area contributed by atoms with Gasteiger partial charge in [-0.15, -0.1) is 0 Å². The van der Waals surface area contributed by atoms with Gasteiger partial charge in [0, 0.05) is 5.92 Å². The van der Waals surface area contributed by atoms with Crippen LogP contribution in [-0.4, -0.2) is 50.1 Å². The molecule has 6 heteroatoms. The molecule has 1 aliphatic heterocycles. The topological polar surface area (TPSA) is 69.9 Å². The van der Waals surface area contributed by atoms with Crippen molar-refractivity contribution >= 4 is 16.6 Å². The molecule has 3 atom stereocenters. The van der Waals surface area contributed by atoms with Crippen LogP contribution in [0.25, 0.3) is 0 Å². The summed E-state index contributed by atoms with van der Waals surface area (Å²) in [5.74, 6) is 0.0320. The van der Waals surface area contributed by atoms with E-state index in [1.165, 1.54) is 0 Å². The third kappa shape index (κ3) is 4.42. The summed E-state index contributed by atoms with van der Waals surface area (Å²) in [6.07, 6.45) is 1.01.